The first kappa shape index (κ1) is 17.0. The molecule has 2 N–H and O–H groups in total. The lowest BCUT2D eigenvalue weighted by Crippen LogP contribution is -2.29. The monoisotopic (exact) mass is 399 g/mol. The second kappa shape index (κ2) is 7.06. The smallest absolute Gasteiger partial charge is 0.281 e. The van der Waals surface area contributed by atoms with Crippen LogP contribution in [0.5, 0.6) is 0 Å². The maximum Gasteiger partial charge on any atom is 0.281 e. The first-order valence-electron chi connectivity index (χ1n) is 7.70. The van der Waals surface area contributed by atoms with Crippen LogP contribution in [0.15, 0.2) is 63.9 Å². The molecular weight excluding hydrogens is 386 g/mol. The molecule has 8 heteroatoms. The first-order valence-corrected chi connectivity index (χ1v) is 10.4. The Morgan fingerprint density at radius 1 is 1.19 bits per heavy atom. The minimum Gasteiger partial charge on any atom is -0.334 e. The van der Waals surface area contributed by atoms with Gasteiger partial charge in [-0.15, -0.1) is 22.7 Å². The van der Waals surface area contributed by atoms with Crippen LogP contribution < -0.4 is 11.4 Å². The zero-order chi connectivity index (χ0) is 18.1. The minimum absolute atomic E-state index is 0.00417. The molecule has 0 amide bonds. The van der Waals surface area contributed by atoms with Crippen LogP contribution in [-0.2, 0) is 0 Å². The Labute approximate surface area is 161 Å². The predicted octanol–water partition coefficient (Wildman–Crippen LogP) is 3.88. The summed E-state index contributed by atoms with van der Waals surface area (Å²) in [5, 5.41) is 2.69. The number of aromatic nitrogens is 2. The normalized spacial score (nSPS) is 11.1. The molecular formula is C18H13N3O2S3. The summed E-state index contributed by atoms with van der Waals surface area (Å²) < 4.78 is 1.02. The van der Waals surface area contributed by atoms with Crippen molar-refractivity contribution in [3.8, 4) is 10.4 Å². The number of rotatable bonds is 5. The number of benzene rings is 1. The first-order chi connectivity index (χ1) is 12.6. The number of thiophene rings is 2. The highest BCUT2D eigenvalue weighted by atomic mass is 32.2. The number of hydrogen-bond donors (Lipinski definition) is 1. The van der Waals surface area contributed by atoms with Gasteiger partial charge in [-0.05, 0) is 23.1 Å². The minimum atomic E-state index is -0.306. The highest BCUT2D eigenvalue weighted by molar-refractivity contribution is 7.99. The lowest BCUT2D eigenvalue weighted by molar-refractivity contribution is 0.102. The average Bonchev–Trinajstić information content (AvgIpc) is 3.34. The summed E-state index contributed by atoms with van der Waals surface area (Å²) in [6.07, 6.45) is 0. The van der Waals surface area contributed by atoms with Crippen molar-refractivity contribution in [3.05, 3.63) is 69.1 Å². The van der Waals surface area contributed by atoms with E-state index in [1.54, 1.807) is 6.07 Å². The third-order valence-corrected chi connectivity index (χ3v) is 6.69. The van der Waals surface area contributed by atoms with Gasteiger partial charge in [0.1, 0.15) is 4.83 Å². The molecule has 0 spiro atoms. The molecule has 26 heavy (non-hydrogen) atoms. The fraction of sp³-hybridized carbons (Fsp3) is 0.0556. The van der Waals surface area contributed by atoms with E-state index >= 15 is 0 Å². The molecule has 3 heterocycles. The standard InChI is InChI=1S/C18H13N3O2S3/c19-21-17(23)12-9-15(11-5-2-1-3-6-11)26-16(12)20-18(21)25-10-13(22)14-7-4-8-24-14/h1-9H,10,19H2. The van der Waals surface area contributed by atoms with E-state index in [1.807, 2.05) is 47.8 Å². The van der Waals surface area contributed by atoms with Gasteiger partial charge < -0.3 is 5.84 Å². The van der Waals surface area contributed by atoms with Gasteiger partial charge in [-0.3, -0.25) is 9.59 Å². The van der Waals surface area contributed by atoms with Crippen LogP contribution >= 0.6 is 34.4 Å². The molecule has 0 atom stereocenters. The zero-order valence-electron chi connectivity index (χ0n) is 13.4. The van der Waals surface area contributed by atoms with Crippen molar-refractivity contribution in [2.24, 2.45) is 0 Å². The molecule has 0 aliphatic heterocycles. The summed E-state index contributed by atoms with van der Waals surface area (Å²) in [6, 6.07) is 15.3. The van der Waals surface area contributed by atoms with Crippen LogP contribution in [-0.4, -0.2) is 21.2 Å². The number of thioether (sulfide) groups is 1. The second-order valence-corrected chi connectivity index (χ2v) is 8.38. The molecule has 0 saturated carbocycles. The molecule has 3 aromatic heterocycles. The van der Waals surface area contributed by atoms with Crippen molar-refractivity contribution < 1.29 is 4.79 Å². The summed E-state index contributed by atoms with van der Waals surface area (Å²) in [7, 11) is 0. The Morgan fingerprint density at radius 2 is 2.00 bits per heavy atom. The molecule has 0 unspecified atom stereocenters. The Kier molecular flexibility index (Phi) is 4.62. The van der Waals surface area contributed by atoms with Crippen molar-refractivity contribution in [2.75, 3.05) is 11.6 Å². The van der Waals surface area contributed by atoms with Gasteiger partial charge in [-0.1, -0.05) is 48.2 Å². The summed E-state index contributed by atoms with van der Waals surface area (Å²) in [5.41, 5.74) is 0.722. The molecule has 4 aromatic rings. The SMILES string of the molecule is Nn1c(SCC(=O)c2cccs2)nc2sc(-c3ccccc3)cc2c1=O. The quantitative estimate of drug-likeness (QED) is 0.238. The Balaban J connectivity index is 1.67. The Bertz CT molecular complexity index is 1130. The summed E-state index contributed by atoms with van der Waals surface area (Å²) in [6.45, 7) is 0. The van der Waals surface area contributed by atoms with E-state index in [-0.39, 0.29) is 17.1 Å². The highest BCUT2D eigenvalue weighted by Gasteiger charge is 2.15. The fourth-order valence-corrected chi connectivity index (χ4v) is 5.09. The third-order valence-electron chi connectivity index (χ3n) is 3.75. The number of nitrogens with two attached hydrogens (primary N) is 1. The van der Waals surface area contributed by atoms with Crippen LogP contribution in [0.25, 0.3) is 20.7 Å². The van der Waals surface area contributed by atoms with Crippen molar-refractivity contribution in [2.45, 2.75) is 5.16 Å². The molecule has 4 rings (SSSR count). The van der Waals surface area contributed by atoms with Crippen molar-refractivity contribution in [1.29, 1.82) is 0 Å². The molecule has 0 radical (unpaired) electrons. The van der Waals surface area contributed by atoms with Crippen LogP contribution in [0.3, 0.4) is 0 Å². The topological polar surface area (TPSA) is 78.0 Å². The number of carbonyl (C=O) groups is 1. The number of nitrogens with zero attached hydrogens (tertiary/aromatic N) is 2. The van der Waals surface area contributed by atoms with Crippen LogP contribution in [0.4, 0.5) is 0 Å². The maximum absolute atomic E-state index is 12.6. The van der Waals surface area contributed by atoms with E-state index in [2.05, 4.69) is 4.98 Å². The highest BCUT2D eigenvalue weighted by Crippen LogP contribution is 2.31. The van der Waals surface area contributed by atoms with Gasteiger partial charge in [-0.2, -0.15) is 0 Å². The molecule has 1 aromatic carbocycles. The van der Waals surface area contributed by atoms with Gasteiger partial charge in [-0.25, -0.2) is 9.66 Å². The van der Waals surface area contributed by atoms with Gasteiger partial charge in [0.25, 0.3) is 5.56 Å². The maximum atomic E-state index is 12.6. The predicted molar refractivity (Wildman–Crippen MR) is 109 cm³/mol. The molecule has 0 fully saturated rings. The van der Waals surface area contributed by atoms with Gasteiger partial charge in [0.15, 0.2) is 10.9 Å². The number of hydrogen-bond acceptors (Lipinski definition) is 7. The van der Waals surface area contributed by atoms with E-state index in [1.165, 1.54) is 34.4 Å². The number of Topliss-reactive ketones (excluding diaryl/α,β-unsaturated/α-hetero) is 1. The summed E-state index contributed by atoms with van der Waals surface area (Å²) >= 11 is 4.02. The second-order valence-electron chi connectivity index (χ2n) is 5.45. The third kappa shape index (κ3) is 3.18. The molecule has 5 nitrogen and oxygen atoms in total. The number of carbonyl (C=O) groups excluding carboxylic acids is 1. The van der Waals surface area contributed by atoms with Crippen molar-refractivity contribution in [3.63, 3.8) is 0 Å². The van der Waals surface area contributed by atoms with Gasteiger partial charge in [0, 0.05) is 4.88 Å². The number of ketones is 1. The van der Waals surface area contributed by atoms with Gasteiger partial charge >= 0.3 is 0 Å². The van der Waals surface area contributed by atoms with E-state index in [4.69, 9.17) is 5.84 Å². The molecule has 0 aliphatic rings. The molecule has 130 valence electrons. The van der Waals surface area contributed by atoms with E-state index in [0.29, 0.717) is 20.3 Å². The lowest BCUT2D eigenvalue weighted by atomic mass is 10.2. The fourth-order valence-electron chi connectivity index (χ4n) is 2.46. The molecule has 0 aliphatic carbocycles. The molecule has 0 saturated heterocycles. The number of nitrogen functional groups attached to an aromatic ring is 1. The number of fused-ring (bicyclic) bond motifs is 1. The van der Waals surface area contributed by atoms with Crippen LogP contribution in [0, 0.1) is 0 Å². The van der Waals surface area contributed by atoms with Gasteiger partial charge in [0.05, 0.1) is 16.0 Å². The van der Waals surface area contributed by atoms with Crippen LogP contribution in [0.2, 0.25) is 0 Å². The van der Waals surface area contributed by atoms with Crippen molar-refractivity contribution >= 4 is 50.4 Å². The van der Waals surface area contributed by atoms with E-state index in [9.17, 15) is 9.59 Å². The van der Waals surface area contributed by atoms with E-state index < -0.39 is 0 Å². The Hall–Kier alpha value is -2.42. The molecule has 0 bridgehead atoms. The summed E-state index contributed by atoms with van der Waals surface area (Å²) in [5.74, 6) is 6.10. The average molecular weight is 400 g/mol. The lowest BCUT2D eigenvalue weighted by Gasteiger charge is -2.05. The largest absolute Gasteiger partial charge is 0.334 e. The van der Waals surface area contributed by atoms with Gasteiger partial charge in [0.2, 0.25) is 0 Å². The Morgan fingerprint density at radius 3 is 2.73 bits per heavy atom. The zero-order valence-corrected chi connectivity index (χ0v) is 15.9. The van der Waals surface area contributed by atoms with Crippen molar-refractivity contribution in [1.82, 2.24) is 9.66 Å². The van der Waals surface area contributed by atoms with Crippen LogP contribution in [0.1, 0.15) is 9.67 Å². The van der Waals surface area contributed by atoms with E-state index in [0.717, 1.165) is 15.1 Å². The summed E-state index contributed by atoms with van der Waals surface area (Å²) in [4.78, 5) is 31.5.